The Balaban J connectivity index is 2.04. The van der Waals surface area contributed by atoms with Gasteiger partial charge < -0.3 is 4.84 Å². The molecule has 25 heavy (non-hydrogen) atoms. The quantitative estimate of drug-likeness (QED) is 0.505. The van der Waals surface area contributed by atoms with Crippen LogP contribution in [0, 0.1) is 13.8 Å². The summed E-state index contributed by atoms with van der Waals surface area (Å²) in [7, 11) is 1.47. The predicted molar refractivity (Wildman–Crippen MR) is 102 cm³/mol. The molecule has 0 amide bonds. The van der Waals surface area contributed by atoms with Gasteiger partial charge in [0.1, 0.15) is 12.9 Å². The van der Waals surface area contributed by atoms with Gasteiger partial charge >= 0.3 is 0 Å². The largest absolute Gasteiger partial charge is 0.399 e. The molecule has 2 aromatic rings. The summed E-state index contributed by atoms with van der Waals surface area (Å²) in [4.78, 5) is 21.6. The first kappa shape index (κ1) is 19.4. The molecular weight excluding hydrogens is 359 g/mol. The summed E-state index contributed by atoms with van der Waals surface area (Å²) < 4.78 is 0. The van der Waals surface area contributed by atoms with Gasteiger partial charge in [0.05, 0.1) is 15.8 Å². The Morgan fingerprint density at radius 3 is 2.52 bits per heavy atom. The van der Waals surface area contributed by atoms with Gasteiger partial charge in [-0.2, -0.15) is 0 Å². The molecule has 0 aliphatic carbocycles. The van der Waals surface area contributed by atoms with Crippen LogP contribution in [0.25, 0.3) is 0 Å². The molecule has 0 N–H and O–H groups in total. The van der Waals surface area contributed by atoms with Gasteiger partial charge in [0.15, 0.2) is 0 Å². The molecule has 0 spiro atoms. The maximum atomic E-state index is 12.3. The number of rotatable bonds is 7. The first-order chi connectivity index (χ1) is 11.9. The number of hydrogen-bond acceptors (Lipinski definition) is 4. The highest BCUT2D eigenvalue weighted by Gasteiger charge is 2.12. The van der Waals surface area contributed by atoms with E-state index in [0.717, 1.165) is 22.5 Å². The van der Waals surface area contributed by atoms with Crippen LogP contribution in [0.5, 0.6) is 0 Å². The fourth-order valence-corrected chi connectivity index (χ4v) is 2.79. The maximum Gasteiger partial charge on any atom is 0.137 e. The van der Waals surface area contributed by atoms with E-state index in [1.54, 1.807) is 12.1 Å². The van der Waals surface area contributed by atoms with E-state index in [4.69, 9.17) is 28.0 Å². The Hall–Kier alpha value is -1.91. The fourth-order valence-electron chi connectivity index (χ4n) is 2.49. The standard InChI is InChI=1S/C19H20Cl2N2O2/c1-12-4-5-14(13(2)22-12)10-16(24)7-9-19(23-25-3)15-6-8-17(20)18(21)11-15/h4-6,8,11H,7,9-10H2,1-3H3. The van der Waals surface area contributed by atoms with Crippen LogP contribution in [0.2, 0.25) is 10.0 Å². The monoisotopic (exact) mass is 378 g/mol. The van der Waals surface area contributed by atoms with Gasteiger partial charge in [0, 0.05) is 36.2 Å². The topological polar surface area (TPSA) is 51.5 Å². The lowest BCUT2D eigenvalue weighted by molar-refractivity contribution is -0.118. The van der Waals surface area contributed by atoms with E-state index in [0.29, 0.717) is 35.0 Å². The van der Waals surface area contributed by atoms with Gasteiger partial charge in [-0.1, -0.05) is 40.5 Å². The van der Waals surface area contributed by atoms with Crippen molar-refractivity contribution >= 4 is 34.7 Å². The maximum absolute atomic E-state index is 12.3. The second-order valence-electron chi connectivity index (χ2n) is 5.76. The minimum absolute atomic E-state index is 0.123. The molecule has 0 aliphatic heterocycles. The first-order valence-corrected chi connectivity index (χ1v) is 8.66. The molecule has 0 saturated carbocycles. The molecule has 1 heterocycles. The van der Waals surface area contributed by atoms with Crippen LogP contribution in [-0.4, -0.2) is 23.6 Å². The second-order valence-corrected chi connectivity index (χ2v) is 6.58. The van der Waals surface area contributed by atoms with Gasteiger partial charge in [-0.05, 0) is 37.6 Å². The third-order valence-corrected chi connectivity index (χ3v) is 4.56. The Kier molecular flexibility index (Phi) is 6.97. The number of halogens is 2. The Bertz CT molecular complexity index is 804. The average Bonchev–Trinajstić information content (AvgIpc) is 2.56. The molecule has 2 rings (SSSR count). The number of Topliss-reactive ketones (excluding diaryl/α,β-unsaturated/α-hetero) is 1. The lowest BCUT2D eigenvalue weighted by Crippen LogP contribution is -2.10. The Morgan fingerprint density at radius 1 is 1.12 bits per heavy atom. The van der Waals surface area contributed by atoms with E-state index in [-0.39, 0.29) is 5.78 Å². The van der Waals surface area contributed by atoms with Crippen molar-refractivity contribution < 1.29 is 9.63 Å². The van der Waals surface area contributed by atoms with Crippen molar-refractivity contribution in [2.75, 3.05) is 7.11 Å². The number of oxime groups is 1. The molecule has 132 valence electrons. The number of pyridine rings is 1. The second kappa shape index (κ2) is 8.97. The fraction of sp³-hybridized carbons (Fsp3) is 0.316. The van der Waals surface area contributed by atoms with Gasteiger partial charge in [-0.25, -0.2) is 0 Å². The molecule has 0 aliphatic rings. The Labute approximate surface area is 157 Å². The Morgan fingerprint density at radius 2 is 1.88 bits per heavy atom. The van der Waals surface area contributed by atoms with Crippen LogP contribution in [0.3, 0.4) is 0 Å². The van der Waals surface area contributed by atoms with Crippen molar-refractivity contribution in [1.82, 2.24) is 4.98 Å². The summed E-state index contributed by atoms with van der Waals surface area (Å²) in [6.45, 7) is 3.85. The van der Waals surface area contributed by atoms with Crippen LogP contribution in [0.4, 0.5) is 0 Å². The molecule has 1 aromatic heterocycles. The van der Waals surface area contributed by atoms with Crippen molar-refractivity contribution in [2.24, 2.45) is 5.16 Å². The van der Waals surface area contributed by atoms with Crippen LogP contribution >= 0.6 is 23.2 Å². The molecular formula is C19H20Cl2N2O2. The summed E-state index contributed by atoms with van der Waals surface area (Å²) >= 11 is 12.0. The van der Waals surface area contributed by atoms with E-state index >= 15 is 0 Å². The van der Waals surface area contributed by atoms with E-state index in [1.807, 2.05) is 32.0 Å². The van der Waals surface area contributed by atoms with Gasteiger partial charge in [0.25, 0.3) is 0 Å². The lowest BCUT2D eigenvalue weighted by atomic mass is 10.0. The van der Waals surface area contributed by atoms with E-state index in [1.165, 1.54) is 7.11 Å². The average molecular weight is 379 g/mol. The molecule has 6 heteroatoms. The minimum atomic E-state index is 0.123. The molecule has 0 saturated heterocycles. The summed E-state index contributed by atoms with van der Waals surface area (Å²) in [5.74, 6) is 0.123. The molecule has 1 aromatic carbocycles. The normalized spacial score (nSPS) is 11.5. The number of benzene rings is 1. The number of carbonyl (C=O) groups excluding carboxylic acids is 1. The van der Waals surface area contributed by atoms with E-state index in [2.05, 4.69) is 10.1 Å². The number of aromatic nitrogens is 1. The smallest absolute Gasteiger partial charge is 0.137 e. The number of ketones is 1. The van der Waals surface area contributed by atoms with Crippen molar-refractivity contribution in [3.8, 4) is 0 Å². The van der Waals surface area contributed by atoms with E-state index < -0.39 is 0 Å². The highest BCUT2D eigenvalue weighted by molar-refractivity contribution is 6.42. The number of nitrogens with zero attached hydrogens (tertiary/aromatic N) is 2. The molecule has 0 bridgehead atoms. The summed E-state index contributed by atoms with van der Waals surface area (Å²) in [6, 6.07) is 9.11. The molecule has 0 unspecified atom stereocenters. The van der Waals surface area contributed by atoms with Gasteiger partial charge in [-0.15, -0.1) is 0 Å². The zero-order valence-electron chi connectivity index (χ0n) is 14.5. The van der Waals surface area contributed by atoms with Crippen molar-refractivity contribution in [3.05, 3.63) is 62.9 Å². The van der Waals surface area contributed by atoms with Crippen molar-refractivity contribution in [3.63, 3.8) is 0 Å². The third-order valence-electron chi connectivity index (χ3n) is 3.82. The van der Waals surface area contributed by atoms with Gasteiger partial charge in [-0.3, -0.25) is 9.78 Å². The summed E-state index contributed by atoms with van der Waals surface area (Å²) in [5, 5.41) is 4.94. The molecule has 4 nitrogen and oxygen atoms in total. The SMILES string of the molecule is CON=C(CCC(=O)Cc1ccc(C)nc1C)c1ccc(Cl)c(Cl)c1. The number of hydrogen-bond donors (Lipinski definition) is 0. The summed E-state index contributed by atoms with van der Waals surface area (Å²) in [6.07, 6.45) is 1.18. The molecule has 0 fully saturated rings. The molecule has 0 radical (unpaired) electrons. The first-order valence-electron chi connectivity index (χ1n) is 7.91. The van der Waals surface area contributed by atoms with Crippen LogP contribution < -0.4 is 0 Å². The zero-order valence-corrected chi connectivity index (χ0v) is 16.0. The molecule has 0 atom stereocenters. The van der Waals surface area contributed by atoms with Crippen LogP contribution in [0.15, 0.2) is 35.5 Å². The third kappa shape index (κ3) is 5.55. The predicted octanol–water partition coefficient (Wildman–Crippen LogP) is 4.95. The van der Waals surface area contributed by atoms with Crippen LogP contribution in [-0.2, 0) is 16.1 Å². The van der Waals surface area contributed by atoms with Crippen molar-refractivity contribution in [2.45, 2.75) is 33.1 Å². The zero-order chi connectivity index (χ0) is 18.4. The highest BCUT2D eigenvalue weighted by Crippen LogP contribution is 2.24. The van der Waals surface area contributed by atoms with Crippen LogP contribution in [0.1, 0.15) is 35.4 Å². The van der Waals surface area contributed by atoms with Crippen molar-refractivity contribution in [1.29, 1.82) is 0 Å². The highest BCUT2D eigenvalue weighted by atomic mass is 35.5. The van der Waals surface area contributed by atoms with Gasteiger partial charge in [0.2, 0.25) is 0 Å². The minimum Gasteiger partial charge on any atom is -0.399 e. The number of aryl methyl sites for hydroxylation is 2. The summed E-state index contributed by atoms with van der Waals surface area (Å²) in [5.41, 5.74) is 4.24. The lowest BCUT2D eigenvalue weighted by Gasteiger charge is -2.08. The van der Waals surface area contributed by atoms with E-state index in [9.17, 15) is 4.79 Å². The number of carbonyl (C=O) groups is 1.